The molecule has 7 heteroatoms. The standard InChI is InChI=1S/C20H21ClN4O2/c1-25(14-18(26)22-17-11-6-5-10-16(17)21)13-7-12-19-23-20(24-27-19)15-8-3-2-4-9-15/h2-6,8-11H,7,12-14H2,1H3,(H,22,26)/p+1. The van der Waals surface area contributed by atoms with E-state index in [1.165, 1.54) is 0 Å². The van der Waals surface area contributed by atoms with E-state index in [1.807, 2.05) is 49.5 Å². The highest BCUT2D eigenvalue weighted by atomic mass is 35.5. The molecule has 0 fully saturated rings. The highest BCUT2D eigenvalue weighted by Crippen LogP contribution is 2.20. The SMILES string of the molecule is C[NH+](CCCc1nc(-c2ccccc2)no1)CC(=O)Nc1ccccc1Cl. The largest absolute Gasteiger partial charge is 0.339 e. The van der Waals surface area contributed by atoms with Crippen LogP contribution in [-0.2, 0) is 11.2 Å². The third kappa shape index (κ3) is 5.64. The van der Waals surface area contributed by atoms with Crippen molar-refractivity contribution in [1.82, 2.24) is 10.1 Å². The molecule has 1 aromatic heterocycles. The molecule has 0 saturated heterocycles. The normalized spacial score (nSPS) is 11.9. The van der Waals surface area contributed by atoms with E-state index < -0.39 is 0 Å². The van der Waals surface area contributed by atoms with Crippen molar-refractivity contribution in [3.8, 4) is 11.4 Å². The fraction of sp³-hybridized carbons (Fsp3) is 0.250. The van der Waals surface area contributed by atoms with Gasteiger partial charge in [0.15, 0.2) is 6.54 Å². The maximum atomic E-state index is 12.1. The second-order valence-corrected chi connectivity index (χ2v) is 6.80. The number of hydrogen-bond acceptors (Lipinski definition) is 4. The zero-order valence-electron chi connectivity index (χ0n) is 15.1. The van der Waals surface area contributed by atoms with Gasteiger partial charge in [-0.1, -0.05) is 59.2 Å². The molecule has 140 valence electrons. The lowest BCUT2D eigenvalue weighted by molar-refractivity contribution is -0.871. The van der Waals surface area contributed by atoms with Crippen LogP contribution in [0.15, 0.2) is 59.1 Å². The highest BCUT2D eigenvalue weighted by Gasteiger charge is 2.13. The number of amides is 1. The molecule has 1 amide bonds. The number of nitrogens with zero attached hydrogens (tertiary/aromatic N) is 2. The number of carbonyl (C=O) groups is 1. The van der Waals surface area contributed by atoms with Crippen LogP contribution >= 0.6 is 11.6 Å². The number of aryl methyl sites for hydroxylation is 1. The number of nitrogens with one attached hydrogen (secondary N) is 2. The monoisotopic (exact) mass is 385 g/mol. The van der Waals surface area contributed by atoms with Crippen LogP contribution in [0.1, 0.15) is 12.3 Å². The lowest BCUT2D eigenvalue weighted by atomic mass is 10.2. The molecule has 2 aromatic carbocycles. The molecule has 3 aromatic rings. The first-order valence-corrected chi connectivity index (χ1v) is 9.23. The van der Waals surface area contributed by atoms with Crippen LogP contribution in [0, 0.1) is 0 Å². The molecule has 0 aliphatic heterocycles. The summed E-state index contributed by atoms with van der Waals surface area (Å²) in [7, 11) is 1.98. The molecule has 2 N–H and O–H groups in total. The number of carbonyl (C=O) groups excluding carboxylic acids is 1. The molecule has 1 atom stereocenters. The van der Waals surface area contributed by atoms with Crippen molar-refractivity contribution in [1.29, 1.82) is 0 Å². The van der Waals surface area contributed by atoms with E-state index in [1.54, 1.807) is 12.1 Å². The van der Waals surface area contributed by atoms with Crippen molar-refractivity contribution in [2.24, 2.45) is 0 Å². The molecule has 27 heavy (non-hydrogen) atoms. The van der Waals surface area contributed by atoms with Gasteiger partial charge in [-0.15, -0.1) is 0 Å². The third-order valence-electron chi connectivity index (χ3n) is 4.10. The van der Waals surface area contributed by atoms with Crippen LogP contribution in [-0.4, -0.2) is 36.2 Å². The van der Waals surface area contributed by atoms with Gasteiger partial charge in [-0.25, -0.2) is 0 Å². The Morgan fingerprint density at radius 1 is 1.15 bits per heavy atom. The summed E-state index contributed by atoms with van der Waals surface area (Å²) in [5.41, 5.74) is 1.57. The lowest BCUT2D eigenvalue weighted by Crippen LogP contribution is -3.10. The second-order valence-electron chi connectivity index (χ2n) is 6.39. The van der Waals surface area contributed by atoms with Crippen molar-refractivity contribution in [2.75, 3.05) is 25.5 Å². The average molecular weight is 386 g/mol. The fourth-order valence-corrected chi connectivity index (χ4v) is 2.90. The van der Waals surface area contributed by atoms with E-state index in [4.69, 9.17) is 16.1 Å². The third-order valence-corrected chi connectivity index (χ3v) is 4.43. The highest BCUT2D eigenvalue weighted by molar-refractivity contribution is 6.33. The molecular weight excluding hydrogens is 364 g/mol. The Labute approximate surface area is 163 Å². The van der Waals surface area contributed by atoms with Gasteiger partial charge in [0.1, 0.15) is 0 Å². The Kier molecular flexibility index (Phi) is 6.57. The van der Waals surface area contributed by atoms with Crippen molar-refractivity contribution in [3.63, 3.8) is 0 Å². The predicted octanol–water partition coefficient (Wildman–Crippen LogP) is 2.48. The van der Waals surface area contributed by atoms with Gasteiger partial charge in [-0.3, -0.25) is 4.79 Å². The van der Waals surface area contributed by atoms with Crippen molar-refractivity contribution >= 4 is 23.2 Å². The first-order chi connectivity index (χ1) is 13.1. The Bertz CT molecular complexity index is 882. The minimum atomic E-state index is -0.0650. The van der Waals surface area contributed by atoms with Gasteiger partial charge in [-0.05, 0) is 12.1 Å². The Hall–Kier alpha value is -2.70. The van der Waals surface area contributed by atoms with Gasteiger partial charge >= 0.3 is 0 Å². The average Bonchev–Trinajstić information content (AvgIpc) is 3.13. The van der Waals surface area contributed by atoms with E-state index in [0.717, 1.165) is 23.4 Å². The van der Waals surface area contributed by atoms with Crippen LogP contribution in [0.5, 0.6) is 0 Å². The zero-order chi connectivity index (χ0) is 19.1. The second kappa shape index (κ2) is 9.30. The first-order valence-electron chi connectivity index (χ1n) is 8.85. The number of anilines is 1. The van der Waals surface area contributed by atoms with Gasteiger partial charge in [0.25, 0.3) is 5.91 Å². The summed E-state index contributed by atoms with van der Waals surface area (Å²) < 4.78 is 5.31. The Morgan fingerprint density at radius 2 is 1.89 bits per heavy atom. The number of hydrogen-bond donors (Lipinski definition) is 2. The molecule has 6 nitrogen and oxygen atoms in total. The van der Waals surface area contributed by atoms with Crippen molar-refractivity contribution in [3.05, 3.63) is 65.5 Å². The number of quaternary nitrogens is 1. The summed E-state index contributed by atoms with van der Waals surface area (Å²) >= 11 is 6.06. The van der Waals surface area contributed by atoms with Crippen LogP contribution < -0.4 is 10.2 Å². The van der Waals surface area contributed by atoms with Gasteiger partial charge in [-0.2, -0.15) is 4.98 Å². The van der Waals surface area contributed by atoms with E-state index in [2.05, 4.69) is 15.5 Å². The van der Waals surface area contributed by atoms with Gasteiger partial charge in [0, 0.05) is 18.4 Å². The minimum Gasteiger partial charge on any atom is -0.339 e. The zero-order valence-corrected chi connectivity index (χ0v) is 15.9. The smallest absolute Gasteiger partial charge is 0.279 e. The summed E-state index contributed by atoms with van der Waals surface area (Å²) in [6.45, 7) is 1.18. The molecule has 1 unspecified atom stereocenters. The molecule has 0 saturated carbocycles. The fourth-order valence-electron chi connectivity index (χ4n) is 2.72. The van der Waals surface area contributed by atoms with E-state index in [-0.39, 0.29) is 5.91 Å². The lowest BCUT2D eigenvalue weighted by Gasteiger charge is -2.13. The molecule has 0 radical (unpaired) electrons. The van der Waals surface area contributed by atoms with Crippen LogP contribution in [0.25, 0.3) is 11.4 Å². The Balaban J connectivity index is 1.42. The molecule has 3 rings (SSSR count). The molecule has 0 spiro atoms. The summed E-state index contributed by atoms with van der Waals surface area (Å²) in [5, 5.41) is 7.39. The summed E-state index contributed by atoms with van der Waals surface area (Å²) in [6.07, 6.45) is 1.53. The molecular formula is C20H22ClN4O2+. The number of benzene rings is 2. The maximum Gasteiger partial charge on any atom is 0.279 e. The quantitative estimate of drug-likeness (QED) is 0.624. The van der Waals surface area contributed by atoms with Crippen molar-refractivity contribution in [2.45, 2.75) is 12.8 Å². The van der Waals surface area contributed by atoms with Crippen molar-refractivity contribution < 1.29 is 14.2 Å². The Morgan fingerprint density at radius 3 is 2.67 bits per heavy atom. The summed E-state index contributed by atoms with van der Waals surface area (Å²) in [4.78, 5) is 17.7. The molecule has 0 aliphatic carbocycles. The number of aromatic nitrogens is 2. The molecule has 0 bridgehead atoms. The van der Waals surface area contributed by atoms with Gasteiger partial charge in [0.2, 0.25) is 11.7 Å². The number of rotatable bonds is 8. The van der Waals surface area contributed by atoms with E-state index in [9.17, 15) is 4.79 Å². The predicted molar refractivity (Wildman–Crippen MR) is 105 cm³/mol. The topological polar surface area (TPSA) is 72.5 Å². The number of para-hydroxylation sites is 1. The first kappa shape index (κ1) is 19.1. The van der Waals surface area contributed by atoms with E-state index in [0.29, 0.717) is 35.4 Å². The maximum absolute atomic E-state index is 12.1. The van der Waals surface area contributed by atoms with Gasteiger partial charge < -0.3 is 14.7 Å². The summed E-state index contributed by atoms with van der Waals surface area (Å²) in [5.74, 6) is 1.15. The molecule has 1 heterocycles. The molecule has 0 aliphatic rings. The number of likely N-dealkylation sites (N-methyl/N-ethyl adjacent to an activating group) is 1. The van der Waals surface area contributed by atoms with E-state index >= 15 is 0 Å². The van der Waals surface area contributed by atoms with Crippen LogP contribution in [0.3, 0.4) is 0 Å². The van der Waals surface area contributed by atoms with Gasteiger partial charge in [0.05, 0.1) is 24.3 Å². The number of halogens is 1. The van der Waals surface area contributed by atoms with Crippen LogP contribution in [0.4, 0.5) is 5.69 Å². The van der Waals surface area contributed by atoms with Crippen LogP contribution in [0.2, 0.25) is 5.02 Å². The summed E-state index contributed by atoms with van der Waals surface area (Å²) in [6, 6.07) is 16.9. The minimum absolute atomic E-state index is 0.0650.